The smallest absolute Gasteiger partial charge is 0.343 e. The minimum atomic E-state index is -0.748. The second-order valence-electron chi connectivity index (χ2n) is 3.99. The maximum absolute atomic E-state index is 12.2. The van der Waals surface area contributed by atoms with Gasteiger partial charge in [-0.05, 0) is 26.0 Å². The largest absolute Gasteiger partial charge is 0.512 e. The van der Waals surface area contributed by atoms with Crippen LogP contribution >= 0.6 is 0 Å². The summed E-state index contributed by atoms with van der Waals surface area (Å²) in [7, 11) is 0. The number of hydrogen-bond acceptors (Lipinski definition) is 5. The summed E-state index contributed by atoms with van der Waals surface area (Å²) in [6.45, 7) is 3.13. The predicted octanol–water partition coefficient (Wildman–Crippen LogP) is 2.35. The highest BCUT2D eigenvalue weighted by atomic mass is 16.5. The number of Topliss-reactive ketones (excluding diaryl/α,β-unsaturated/α-hetero) is 1. The fraction of sp³-hybridized carbons (Fsp3) is 0.214. The van der Waals surface area contributed by atoms with Crippen molar-refractivity contribution in [3.63, 3.8) is 0 Å². The fourth-order valence-electron chi connectivity index (χ4n) is 1.85. The first-order valence-electron chi connectivity index (χ1n) is 5.86. The second kappa shape index (κ2) is 5.06. The average molecular weight is 259 g/mol. The number of ketones is 1. The molecule has 98 valence electrons. The van der Waals surface area contributed by atoms with Gasteiger partial charge in [0.1, 0.15) is 17.0 Å². The van der Waals surface area contributed by atoms with Crippen molar-refractivity contribution in [3.8, 4) is 0 Å². The lowest BCUT2D eigenvalue weighted by molar-refractivity contribution is -0.138. The first-order chi connectivity index (χ1) is 9.06. The molecule has 0 saturated heterocycles. The minimum Gasteiger partial charge on any atom is -0.512 e. The summed E-state index contributed by atoms with van der Waals surface area (Å²) in [5, 5.41) is 9.61. The van der Waals surface area contributed by atoms with Gasteiger partial charge in [0.25, 0.3) is 0 Å². The van der Waals surface area contributed by atoms with Crippen LogP contribution in [0.2, 0.25) is 0 Å². The molecule has 0 radical (unpaired) electrons. The molecule has 0 spiro atoms. The number of allylic oxidation sites excluding steroid dienone is 1. The Morgan fingerprint density at radius 1 is 1.37 bits per heavy atom. The van der Waals surface area contributed by atoms with Crippen molar-refractivity contribution in [2.45, 2.75) is 13.8 Å². The van der Waals surface area contributed by atoms with E-state index in [1.807, 2.05) is 0 Å². The normalized spacial score (nSPS) is 14.6. The number of rotatable bonds is 3. The summed E-state index contributed by atoms with van der Waals surface area (Å²) >= 11 is 0. The lowest BCUT2D eigenvalue weighted by Gasteiger charge is -2.06. The zero-order valence-corrected chi connectivity index (χ0v) is 10.6. The number of hydrogen-bond donors (Lipinski definition) is 1. The van der Waals surface area contributed by atoms with Gasteiger partial charge in [-0.15, -0.1) is 0 Å². The van der Waals surface area contributed by atoms with Crippen LogP contribution in [0.25, 0.3) is 0 Å². The summed E-state index contributed by atoms with van der Waals surface area (Å²) in [4.78, 5) is 28.1. The molecule has 1 heterocycles. The molecule has 0 unspecified atom stereocenters. The van der Waals surface area contributed by atoms with E-state index in [4.69, 9.17) is 4.74 Å². The molecule has 0 atom stereocenters. The summed E-state index contributed by atoms with van der Waals surface area (Å²) in [6.07, 6.45) is 0. The molecule has 0 amide bonds. The number of esters is 1. The lowest BCUT2D eigenvalue weighted by atomic mass is 10.0. The Kier molecular flexibility index (Phi) is 3.46. The Balaban J connectivity index is 2.46. The topological polar surface area (TPSA) is 76.0 Å². The molecule has 2 rings (SSSR count). The highest BCUT2D eigenvalue weighted by Gasteiger charge is 2.32. The number of para-hydroxylation sites is 1. The first-order valence-corrected chi connectivity index (χ1v) is 5.86. The Morgan fingerprint density at radius 2 is 2.05 bits per heavy atom. The van der Waals surface area contributed by atoms with E-state index in [0.29, 0.717) is 11.3 Å². The molecule has 0 aliphatic carbocycles. The van der Waals surface area contributed by atoms with E-state index in [0.717, 1.165) is 0 Å². The number of carbonyl (C=O) groups is 2. The lowest BCUT2D eigenvalue weighted by Crippen LogP contribution is -2.22. The monoisotopic (exact) mass is 259 g/mol. The number of aliphatic hydroxyl groups excluding tert-OH is 1. The molecule has 1 N–H and O–H groups in total. The number of nitrogens with zero attached hydrogens (tertiary/aromatic N) is 1. The fourth-order valence-corrected chi connectivity index (χ4v) is 1.85. The van der Waals surface area contributed by atoms with E-state index in [-0.39, 0.29) is 29.4 Å². The Morgan fingerprint density at radius 3 is 2.63 bits per heavy atom. The SMILES string of the molecule is CCOC(=O)/C(C1=Nc2ccccc2C1=O)=C(/C)O. The molecule has 0 bridgehead atoms. The number of fused-ring (bicyclic) bond motifs is 1. The molecule has 1 aromatic carbocycles. The third kappa shape index (κ3) is 2.27. The summed E-state index contributed by atoms with van der Waals surface area (Å²) < 4.78 is 4.84. The van der Waals surface area contributed by atoms with Crippen molar-refractivity contribution in [1.82, 2.24) is 0 Å². The molecule has 1 aliphatic heterocycles. The van der Waals surface area contributed by atoms with Gasteiger partial charge in [0.05, 0.1) is 12.3 Å². The Labute approximate surface area is 110 Å². The van der Waals surface area contributed by atoms with Crippen LogP contribution in [0.15, 0.2) is 40.6 Å². The van der Waals surface area contributed by atoms with Crippen LogP contribution in [0.1, 0.15) is 24.2 Å². The average Bonchev–Trinajstić information content (AvgIpc) is 2.68. The molecule has 0 saturated carbocycles. The molecule has 5 heteroatoms. The van der Waals surface area contributed by atoms with Gasteiger partial charge in [0.15, 0.2) is 0 Å². The zero-order valence-electron chi connectivity index (χ0n) is 10.6. The first kappa shape index (κ1) is 13.0. The van der Waals surface area contributed by atoms with Crippen LogP contribution in [0.4, 0.5) is 5.69 Å². The van der Waals surface area contributed by atoms with Crippen LogP contribution in [0.5, 0.6) is 0 Å². The van der Waals surface area contributed by atoms with Crippen LogP contribution in [0, 0.1) is 0 Å². The van der Waals surface area contributed by atoms with Crippen LogP contribution in [-0.4, -0.2) is 29.2 Å². The highest BCUT2D eigenvalue weighted by Crippen LogP contribution is 2.29. The van der Waals surface area contributed by atoms with E-state index in [1.165, 1.54) is 6.92 Å². The van der Waals surface area contributed by atoms with E-state index >= 15 is 0 Å². The van der Waals surface area contributed by atoms with E-state index in [1.54, 1.807) is 31.2 Å². The van der Waals surface area contributed by atoms with Gasteiger partial charge in [-0.1, -0.05) is 12.1 Å². The molecule has 0 fully saturated rings. The van der Waals surface area contributed by atoms with E-state index in [2.05, 4.69) is 4.99 Å². The van der Waals surface area contributed by atoms with Crippen molar-refractivity contribution in [3.05, 3.63) is 41.2 Å². The standard InChI is InChI=1S/C14H13NO4/c1-3-19-14(18)11(8(2)16)12-13(17)9-6-4-5-7-10(9)15-12/h4-7,16H,3H2,1-2H3/b11-8-. The van der Waals surface area contributed by atoms with Gasteiger partial charge < -0.3 is 9.84 Å². The van der Waals surface area contributed by atoms with E-state index in [9.17, 15) is 14.7 Å². The van der Waals surface area contributed by atoms with Crippen molar-refractivity contribution < 1.29 is 19.4 Å². The zero-order chi connectivity index (χ0) is 14.0. The van der Waals surface area contributed by atoms with Gasteiger partial charge in [-0.2, -0.15) is 0 Å². The third-order valence-electron chi connectivity index (χ3n) is 2.67. The Bertz CT molecular complexity index is 610. The van der Waals surface area contributed by atoms with Crippen molar-refractivity contribution >= 4 is 23.2 Å². The molecule has 5 nitrogen and oxygen atoms in total. The van der Waals surface area contributed by atoms with Crippen molar-refractivity contribution in [2.75, 3.05) is 6.61 Å². The maximum atomic E-state index is 12.2. The van der Waals surface area contributed by atoms with Gasteiger partial charge in [0, 0.05) is 5.56 Å². The number of carbonyl (C=O) groups excluding carboxylic acids is 2. The quantitative estimate of drug-likeness (QED) is 0.513. The Hall–Kier alpha value is -2.43. The van der Waals surface area contributed by atoms with E-state index < -0.39 is 5.97 Å². The number of aliphatic hydroxyl groups is 1. The molecular formula is C14H13NO4. The van der Waals surface area contributed by atoms with Crippen LogP contribution in [-0.2, 0) is 9.53 Å². The minimum absolute atomic E-state index is 0.0698. The maximum Gasteiger partial charge on any atom is 0.343 e. The number of aliphatic imine (C=N–C) groups is 1. The van der Waals surface area contributed by atoms with Crippen molar-refractivity contribution in [1.29, 1.82) is 0 Å². The predicted molar refractivity (Wildman–Crippen MR) is 69.8 cm³/mol. The van der Waals surface area contributed by atoms with Gasteiger partial charge in [0.2, 0.25) is 5.78 Å². The second-order valence-corrected chi connectivity index (χ2v) is 3.99. The summed E-state index contributed by atoms with van der Waals surface area (Å²) in [5.74, 6) is -1.41. The molecule has 0 aromatic heterocycles. The molecule has 1 aliphatic rings. The summed E-state index contributed by atoms with van der Waals surface area (Å²) in [6, 6.07) is 6.77. The van der Waals surface area contributed by atoms with Crippen LogP contribution < -0.4 is 0 Å². The number of benzene rings is 1. The molecular weight excluding hydrogens is 246 g/mol. The summed E-state index contributed by atoms with van der Waals surface area (Å²) in [5.41, 5.74) is 0.661. The third-order valence-corrected chi connectivity index (χ3v) is 2.67. The molecule has 19 heavy (non-hydrogen) atoms. The molecule has 1 aromatic rings. The van der Waals surface area contributed by atoms with Gasteiger partial charge in [-0.25, -0.2) is 9.79 Å². The highest BCUT2D eigenvalue weighted by molar-refractivity contribution is 6.58. The van der Waals surface area contributed by atoms with Crippen LogP contribution in [0.3, 0.4) is 0 Å². The van der Waals surface area contributed by atoms with Gasteiger partial charge in [-0.3, -0.25) is 4.79 Å². The van der Waals surface area contributed by atoms with Crippen molar-refractivity contribution in [2.24, 2.45) is 4.99 Å². The number of ether oxygens (including phenoxy) is 1. The van der Waals surface area contributed by atoms with Gasteiger partial charge >= 0.3 is 5.97 Å².